The van der Waals surface area contributed by atoms with Crippen molar-refractivity contribution in [3.8, 4) is 5.75 Å². The lowest BCUT2D eigenvalue weighted by Gasteiger charge is -2.10. The van der Waals surface area contributed by atoms with E-state index < -0.39 is 0 Å². The molecule has 2 aromatic carbocycles. The Labute approximate surface area is 142 Å². The topological polar surface area (TPSA) is 59.1 Å². The maximum atomic E-state index is 5.15. The van der Waals surface area contributed by atoms with Crippen LogP contribution in [0.5, 0.6) is 5.75 Å². The minimum absolute atomic E-state index is 0.511. The summed E-state index contributed by atoms with van der Waals surface area (Å²) >= 11 is 3.46. The molecule has 2 N–H and O–H groups in total. The first-order valence-electron chi connectivity index (χ1n) is 7.00. The predicted molar refractivity (Wildman–Crippen MR) is 95.7 cm³/mol. The Kier molecular flexibility index (Phi) is 4.73. The first kappa shape index (κ1) is 15.3. The van der Waals surface area contributed by atoms with Crippen molar-refractivity contribution in [3.05, 3.63) is 65.3 Å². The molecule has 3 rings (SSSR count). The second kappa shape index (κ2) is 7.11. The van der Waals surface area contributed by atoms with Crippen molar-refractivity contribution in [2.24, 2.45) is 0 Å². The maximum Gasteiger partial charge on any atom is 0.229 e. The third kappa shape index (κ3) is 3.98. The minimum Gasteiger partial charge on any atom is -0.497 e. The fourth-order valence-corrected chi connectivity index (χ4v) is 2.27. The Balaban J connectivity index is 1.79. The molecule has 0 aliphatic heterocycles. The molecule has 3 aromatic rings. The lowest BCUT2D eigenvalue weighted by Crippen LogP contribution is -2.01. The van der Waals surface area contributed by atoms with Crippen molar-refractivity contribution in [1.82, 2.24) is 9.97 Å². The summed E-state index contributed by atoms with van der Waals surface area (Å²) in [6.45, 7) is 0. The molecule has 0 amide bonds. The van der Waals surface area contributed by atoms with Gasteiger partial charge in [0.25, 0.3) is 0 Å². The van der Waals surface area contributed by atoms with Crippen LogP contribution in [0.4, 0.5) is 23.1 Å². The van der Waals surface area contributed by atoms with Gasteiger partial charge in [0.15, 0.2) is 0 Å². The van der Waals surface area contributed by atoms with E-state index in [-0.39, 0.29) is 0 Å². The molecule has 0 atom stereocenters. The highest BCUT2D eigenvalue weighted by Gasteiger charge is 2.06. The van der Waals surface area contributed by atoms with Gasteiger partial charge in [-0.05, 0) is 52.3 Å². The van der Waals surface area contributed by atoms with Gasteiger partial charge in [0, 0.05) is 17.6 Å². The zero-order valence-corrected chi connectivity index (χ0v) is 14.0. The van der Waals surface area contributed by atoms with Gasteiger partial charge >= 0.3 is 0 Å². The molecule has 6 heteroatoms. The lowest BCUT2D eigenvalue weighted by atomic mass is 10.3. The molecule has 0 radical (unpaired) electrons. The van der Waals surface area contributed by atoms with Gasteiger partial charge in [-0.2, -0.15) is 4.98 Å². The standard InChI is InChI=1S/C17H15BrN4O/c1-23-14-9-7-13(8-10-14)21-17-19-11-15(18)16(22-17)20-12-5-3-2-4-6-12/h2-11H,1H3,(H2,19,20,21,22). The number of nitrogens with one attached hydrogen (secondary N) is 2. The summed E-state index contributed by atoms with van der Waals surface area (Å²) in [6.07, 6.45) is 1.71. The molecule has 0 spiro atoms. The van der Waals surface area contributed by atoms with Crippen molar-refractivity contribution in [2.75, 3.05) is 17.7 Å². The summed E-state index contributed by atoms with van der Waals surface area (Å²) < 4.78 is 5.94. The Morgan fingerprint density at radius 1 is 0.913 bits per heavy atom. The Bertz CT molecular complexity index is 778. The van der Waals surface area contributed by atoms with E-state index in [1.54, 1.807) is 13.3 Å². The number of aromatic nitrogens is 2. The van der Waals surface area contributed by atoms with Gasteiger partial charge in [-0.3, -0.25) is 0 Å². The Hall–Kier alpha value is -2.60. The number of anilines is 4. The molecule has 116 valence electrons. The van der Waals surface area contributed by atoms with Gasteiger partial charge in [-0.25, -0.2) is 4.98 Å². The van der Waals surface area contributed by atoms with Gasteiger partial charge in [0.1, 0.15) is 11.6 Å². The second-order valence-corrected chi connectivity index (χ2v) is 5.59. The molecule has 23 heavy (non-hydrogen) atoms. The van der Waals surface area contributed by atoms with Crippen LogP contribution in [0.25, 0.3) is 0 Å². The number of para-hydroxylation sites is 1. The van der Waals surface area contributed by atoms with Crippen LogP contribution in [0.3, 0.4) is 0 Å². The summed E-state index contributed by atoms with van der Waals surface area (Å²) in [5.74, 6) is 2.01. The Morgan fingerprint density at radius 3 is 2.30 bits per heavy atom. The number of ether oxygens (including phenoxy) is 1. The SMILES string of the molecule is COc1ccc(Nc2ncc(Br)c(Nc3ccccc3)n2)cc1. The fraction of sp³-hybridized carbons (Fsp3) is 0.0588. The molecule has 0 aliphatic carbocycles. The summed E-state index contributed by atoms with van der Waals surface area (Å²) in [4.78, 5) is 8.77. The molecule has 1 heterocycles. The summed E-state index contributed by atoms with van der Waals surface area (Å²) in [7, 11) is 1.64. The van der Waals surface area contributed by atoms with E-state index in [0.29, 0.717) is 11.8 Å². The minimum atomic E-state index is 0.511. The van der Waals surface area contributed by atoms with Crippen molar-refractivity contribution >= 4 is 39.1 Å². The second-order valence-electron chi connectivity index (χ2n) is 4.73. The molecule has 1 aromatic heterocycles. The van der Waals surface area contributed by atoms with E-state index in [4.69, 9.17) is 4.74 Å². The van der Waals surface area contributed by atoms with E-state index in [1.165, 1.54) is 0 Å². The van der Waals surface area contributed by atoms with Crippen molar-refractivity contribution in [3.63, 3.8) is 0 Å². The molecule has 0 unspecified atom stereocenters. The highest BCUT2D eigenvalue weighted by molar-refractivity contribution is 9.10. The van der Waals surface area contributed by atoms with E-state index in [2.05, 4.69) is 36.5 Å². The van der Waals surface area contributed by atoms with E-state index in [1.807, 2.05) is 54.6 Å². The van der Waals surface area contributed by atoms with E-state index in [9.17, 15) is 0 Å². The molecule has 0 saturated carbocycles. The number of benzene rings is 2. The zero-order valence-electron chi connectivity index (χ0n) is 12.5. The van der Waals surface area contributed by atoms with Crippen LogP contribution < -0.4 is 15.4 Å². The van der Waals surface area contributed by atoms with Gasteiger partial charge < -0.3 is 15.4 Å². The van der Waals surface area contributed by atoms with Crippen molar-refractivity contribution in [1.29, 1.82) is 0 Å². The zero-order chi connectivity index (χ0) is 16.1. The smallest absolute Gasteiger partial charge is 0.229 e. The van der Waals surface area contributed by atoms with Crippen LogP contribution >= 0.6 is 15.9 Å². The van der Waals surface area contributed by atoms with Crippen molar-refractivity contribution in [2.45, 2.75) is 0 Å². The first-order chi connectivity index (χ1) is 11.2. The van der Waals surface area contributed by atoms with Crippen molar-refractivity contribution < 1.29 is 4.74 Å². The summed E-state index contributed by atoms with van der Waals surface area (Å²) in [5.41, 5.74) is 1.85. The predicted octanol–water partition coefficient (Wildman–Crippen LogP) is 4.73. The molecular weight excluding hydrogens is 356 g/mol. The number of halogens is 1. The Morgan fingerprint density at radius 2 is 1.61 bits per heavy atom. The largest absolute Gasteiger partial charge is 0.497 e. The fourth-order valence-electron chi connectivity index (χ4n) is 1.98. The molecular formula is C17H15BrN4O. The van der Waals surface area contributed by atoms with Crippen LogP contribution in [0.2, 0.25) is 0 Å². The molecule has 0 fully saturated rings. The highest BCUT2D eigenvalue weighted by Crippen LogP contribution is 2.25. The number of methoxy groups -OCH3 is 1. The van der Waals surface area contributed by atoms with E-state index >= 15 is 0 Å². The van der Waals surface area contributed by atoms with Crippen LogP contribution in [0, 0.1) is 0 Å². The van der Waals surface area contributed by atoms with E-state index in [0.717, 1.165) is 21.6 Å². The van der Waals surface area contributed by atoms with Crippen LogP contribution in [-0.2, 0) is 0 Å². The van der Waals surface area contributed by atoms with Gasteiger partial charge in [0.05, 0.1) is 11.6 Å². The normalized spacial score (nSPS) is 10.2. The third-order valence-corrected chi connectivity index (χ3v) is 3.71. The van der Waals surface area contributed by atoms with Gasteiger partial charge in [-0.1, -0.05) is 18.2 Å². The number of hydrogen-bond acceptors (Lipinski definition) is 5. The average molecular weight is 371 g/mol. The number of rotatable bonds is 5. The summed E-state index contributed by atoms with van der Waals surface area (Å²) in [5, 5.41) is 6.43. The molecule has 0 saturated heterocycles. The molecule has 0 bridgehead atoms. The third-order valence-electron chi connectivity index (χ3n) is 3.13. The monoisotopic (exact) mass is 370 g/mol. The summed E-state index contributed by atoms with van der Waals surface area (Å²) in [6, 6.07) is 17.4. The number of hydrogen-bond donors (Lipinski definition) is 2. The quantitative estimate of drug-likeness (QED) is 0.679. The van der Waals surface area contributed by atoms with Crippen LogP contribution in [0.1, 0.15) is 0 Å². The molecule has 0 aliphatic rings. The lowest BCUT2D eigenvalue weighted by molar-refractivity contribution is 0.415. The molecule has 5 nitrogen and oxygen atoms in total. The van der Waals surface area contributed by atoms with Gasteiger partial charge in [0.2, 0.25) is 5.95 Å². The van der Waals surface area contributed by atoms with Gasteiger partial charge in [-0.15, -0.1) is 0 Å². The van der Waals surface area contributed by atoms with Crippen LogP contribution in [-0.4, -0.2) is 17.1 Å². The average Bonchev–Trinajstić information content (AvgIpc) is 2.59. The first-order valence-corrected chi connectivity index (χ1v) is 7.79. The number of nitrogens with zero attached hydrogens (tertiary/aromatic N) is 2. The highest BCUT2D eigenvalue weighted by atomic mass is 79.9. The maximum absolute atomic E-state index is 5.15. The van der Waals surface area contributed by atoms with Crippen LogP contribution in [0.15, 0.2) is 65.3 Å².